The van der Waals surface area contributed by atoms with Crippen molar-refractivity contribution in [3.8, 4) is 0 Å². The van der Waals surface area contributed by atoms with Gasteiger partial charge in [0.1, 0.15) is 0 Å². The van der Waals surface area contributed by atoms with E-state index in [0.29, 0.717) is 0 Å². The highest BCUT2D eigenvalue weighted by Gasteiger charge is 2.09. The van der Waals surface area contributed by atoms with Crippen LogP contribution in [0.25, 0.3) is 0 Å². The minimum atomic E-state index is 0.725. The number of aromatic nitrogens is 1. The Hall–Kier alpha value is -0.990. The van der Waals surface area contributed by atoms with Gasteiger partial charge in [0.05, 0.1) is 5.69 Å². The lowest BCUT2D eigenvalue weighted by Gasteiger charge is -2.13. The quantitative estimate of drug-likeness (QED) is 0.487. The van der Waals surface area contributed by atoms with Crippen LogP contribution < -0.4 is 0 Å². The third-order valence-electron chi connectivity index (χ3n) is 1.87. The van der Waals surface area contributed by atoms with Crippen LogP contribution in [0.15, 0.2) is 17.3 Å². The summed E-state index contributed by atoms with van der Waals surface area (Å²) in [5.41, 5.74) is 1.97. The lowest BCUT2D eigenvalue weighted by Crippen LogP contribution is -2.08. The molecule has 0 saturated carbocycles. The third kappa shape index (κ3) is 1.31. The fraction of sp³-hybridized carbons (Fsp3) is 0.375. The maximum Gasteiger partial charge on any atom is 0.240 e. The van der Waals surface area contributed by atoms with Gasteiger partial charge in [-0.15, -0.1) is 0 Å². The number of isocyanates is 1. The number of fused-ring (bicyclic) bond motifs is 1. The van der Waals surface area contributed by atoms with E-state index in [2.05, 4.69) is 9.56 Å². The van der Waals surface area contributed by atoms with Crippen molar-refractivity contribution in [2.24, 2.45) is 4.99 Å². The van der Waals surface area contributed by atoms with Crippen LogP contribution in [0.1, 0.15) is 5.69 Å². The zero-order valence-corrected chi connectivity index (χ0v) is 7.30. The van der Waals surface area contributed by atoms with E-state index in [1.54, 1.807) is 6.08 Å². The largest absolute Gasteiger partial charge is 0.348 e. The molecule has 0 spiro atoms. The normalized spacial score (nSPS) is 15.0. The monoisotopic (exact) mass is 180 g/mol. The Morgan fingerprint density at radius 1 is 1.67 bits per heavy atom. The second-order valence-electron chi connectivity index (χ2n) is 2.64. The molecule has 0 aromatic carbocycles. The smallest absolute Gasteiger partial charge is 0.240 e. The Morgan fingerprint density at radius 2 is 2.58 bits per heavy atom. The molecule has 0 saturated heterocycles. The highest BCUT2D eigenvalue weighted by atomic mass is 32.2. The van der Waals surface area contributed by atoms with E-state index in [1.807, 2.05) is 24.0 Å². The van der Waals surface area contributed by atoms with Crippen LogP contribution in [0, 0.1) is 0 Å². The minimum Gasteiger partial charge on any atom is -0.348 e. The Kier molecular flexibility index (Phi) is 2.02. The average Bonchev–Trinajstić information content (AvgIpc) is 2.47. The van der Waals surface area contributed by atoms with E-state index in [0.717, 1.165) is 23.7 Å². The SMILES string of the molecule is O=C=Nc1cc2n(c1)CCSC2. The molecule has 2 heterocycles. The molecule has 4 heteroatoms. The van der Waals surface area contributed by atoms with E-state index < -0.39 is 0 Å². The van der Waals surface area contributed by atoms with Crippen LogP contribution in [0.5, 0.6) is 0 Å². The first-order valence-corrected chi connectivity index (χ1v) is 4.90. The van der Waals surface area contributed by atoms with Gasteiger partial charge in [-0.05, 0) is 6.07 Å². The van der Waals surface area contributed by atoms with Crippen molar-refractivity contribution >= 4 is 23.5 Å². The molecular formula is C8H8N2OS. The van der Waals surface area contributed by atoms with Gasteiger partial charge in [0, 0.05) is 29.9 Å². The van der Waals surface area contributed by atoms with Crippen molar-refractivity contribution < 1.29 is 4.79 Å². The molecule has 62 valence electrons. The molecular weight excluding hydrogens is 172 g/mol. The van der Waals surface area contributed by atoms with Gasteiger partial charge in [0.15, 0.2) is 0 Å². The summed E-state index contributed by atoms with van der Waals surface area (Å²) >= 11 is 1.91. The Labute approximate surface area is 74.5 Å². The van der Waals surface area contributed by atoms with Crippen molar-refractivity contribution in [1.29, 1.82) is 0 Å². The predicted molar refractivity (Wildman–Crippen MR) is 48.4 cm³/mol. The summed E-state index contributed by atoms with van der Waals surface area (Å²) in [6.07, 6.45) is 3.45. The number of rotatable bonds is 1. The highest BCUT2D eigenvalue weighted by molar-refractivity contribution is 7.98. The summed E-state index contributed by atoms with van der Waals surface area (Å²) in [7, 11) is 0. The molecule has 12 heavy (non-hydrogen) atoms. The molecule has 0 bridgehead atoms. The van der Waals surface area contributed by atoms with Gasteiger partial charge in [-0.1, -0.05) is 0 Å². The van der Waals surface area contributed by atoms with Gasteiger partial charge in [-0.25, -0.2) is 4.79 Å². The number of carbonyl (C=O) groups excluding carboxylic acids is 1. The summed E-state index contributed by atoms with van der Waals surface area (Å²) in [6, 6.07) is 1.94. The molecule has 0 radical (unpaired) electrons. The van der Waals surface area contributed by atoms with Crippen molar-refractivity contribution in [2.75, 3.05) is 5.75 Å². The van der Waals surface area contributed by atoms with E-state index >= 15 is 0 Å². The second kappa shape index (κ2) is 3.17. The molecule has 1 aromatic rings. The molecule has 3 nitrogen and oxygen atoms in total. The Morgan fingerprint density at radius 3 is 3.33 bits per heavy atom. The Bertz CT molecular complexity index is 315. The van der Waals surface area contributed by atoms with Crippen LogP contribution in [0.4, 0.5) is 5.69 Å². The molecule has 1 aliphatic heterocycles. The molecule has 1 aromatic heterocycles. The van der Waals surface area contributed by atoms with Gasteiger partial charge in [-0.2, -0.15) is 16.8 Å². The van der Waals surface area contributed by atoms with E-state index in [4.69, 9.17) is 0 Å². The van der Waals surface area contributed by atoms with Crippen molar-refractivity contribution in [3.63, 3.8) is 0 Å². The molecule has 0 aliphatic carbocycles. The van der Waals surface area contributed by atoms with Crippen molar-refractivity contribution in [3.05, 3.63) is 18.0 Å². The zero-order valence-electron chi connectivity index (χ0n) is 6.49. The van der Waals surface area contributed by atoms with Crippen molar-refractivity contribution in [2.45, 2.75) is 12.3 Å². The lowest BCUT2D eigenvalue weighted by molar-refractivity contribution is 0.565. The maximum absolute atomic E-state index is 9.98. The fourth-order valence-electron chi connectivity index (χ4n) is 1.32. The number of aliphatic imine (C=N–C) groups is 1. The van der Waals surface area contributed by atoms with Gasteiger partial charge < -0.3 is 4.57 Å². The standard InChI is InChI=1S/C8H8N2OS/c11-6-9-7-3-8-5-12-2-1-10(8)4-7/h3-4H,1-2,5H2. The van der Waals surface area contributed by atoms with Gasteiger partial charge >= 0.3 is 0 Å². The minimum absolute atomic E-state index is 0.725. The van der Waals surface area contributed by atoms with Gasteiger partial charge in [0.2, 0.25) is 6.08 Å². The number of hydrogen-bond acceptors (Lipinski definition) is 3. The molecule has 1 aliphatic rings. The highest BCUT2D eigenvalue weighted by Crippen LogP contribution is 2.25. The van der Waals surface area contributed by atoms with E-state index in [-0.39, 0.29) is 0 Å². The number of thioether (sulfide) groups is 1. The first-order valence-electron chi connectivity index (χ1n) is 3.75. The van der Waals surface area contributed by atoms with Crippen LogP contribution in [-0.2, 0) is 17.1 Å². The summed E-state index contributed by atoms with van der Waals surface area (Å²) in [6.45, 7) is 1.02. The summed E-state index contributed by atoms with van der Waals surface area (Å²) in [5, 5.41) is 0. The fourth-order valence-corrected chi connectivity index (χ4v) is 2.25. The summed E-state index contributed by atoms with van der Waals surface area (Å²) in [5.74, 6) is 2.17. The molecule has 0 amide bonds. The zero-order chi connectivity index (χ0) is 8.39. The second-order valence-corrected chi connectivity index (χ2v) is 3.74. The van der Waals surface area contributed by atoms with Gasteiger partial charge in [0.25, 0.3) is 0 Å². The molecule has 0 atom stereocenters. The average molecular weight is 180 g/mol. The van der Waals surface area contributed by atoms with Crippen LogP contribution in [0.2, 0.25) is 0 Å². The lowest BCUT2D eigenvalue weighted by atomic mass is 10.4. The summed E-state index contributed by atoms with van der Waals surface area (Å²) in [4.78, 5) is 13.6. The summed E-state index contributed by atoms with van der Waals surface area (Å²) < 4.78 is 2.15. The first kappa shape index (κ1) is 7.65. The number of hydrogen-bond donors (Lipinski definition) is 0. The molecule has 0 fully saturated rings. The molecule has 0 N–H and O–H groups in total. The van der Waals surface area contributed by atoms with Crippen molar-refractivity contribution in [1.82, 2.24) is 4.57 Å². The third-order valence-corrected chi connectivity index (χ3v) is 2.84. The maximum atomic E-state index is 9.98. The van der Waals surface area contributed by atoms with Crippen LogP contribution in [0.3, 0.4) is 0 Å². The van der Waals surface area contributed by atoms with Crippen LogP contribution in [-0.4, -0.2) is 16.4 Å². The molecule has 2 rings (SSSR count). The number of aryl methyl sites for hydroxylation is 1. The Balaban J connectivity index is 2.37. The molecule has 0 unspecified atom stereocenters. The topological polar surface area (TPSA) is 34.4 Å². The van der Waals surface area contributed by atoms with E-state index in [1.165, 1.54) is 5.69 Å². The van der Waals surface area contributed by atoms with E-state index in [9.17, 15) is 4.79 Å². The first-order chi connectivity index (χ1) is 5.90. The predicted octanol–water partition coefficient (Wildman–Crippen LogP) is 1.70. The number of nitrogens with zero attached hydrogens (tertiary/aromatic N) is 2. The van der Waals surface area contributed by atoms with Crippen LogP contribution >= 0.6 is 11.8 Å². The van der Waals surface area contributed by atoms with Gasteiger partial charge in [-0.3, -0.25) is 0 Å².